The Morgan fingerprint density at radius 1 is 0.909 bits per heavy atom. The van der Waals surface area contributed by atoms with Gasteiger partial charge in [0.15, 0.2) is 0 Å². The average molecular weight is 304 g/mol. The molecule has 2 aliphatic carbocycles. The number of nitrogens with zero attached hydrogens (tertiary/aromatic N) is 1. The Morgan fingerprint density at radius 2 is 1.59 bits per heavy atom. The van der Waals surface area contributed by atoms with Gasteiger partial charge in [-0.3, -0.25) is 4.79 Å². The van der Waals surface area contributed by atoms with Gasteiger partial charge < -0.3 is 10.2 Å². The van der Waals surface area contributed by atoms with Gasteiger partial charge in [-0.25, -0.2) is 0 Å². The molecule has 1 atom stereocenters. The Labute approximate surface area is 135 Å². The Morgan fingerprint density at radius 3 is 2.32 bits per heavy atom. The summed E-state index contributed by atoms with van der Waals surface area (Å²) in [4.78, 5) is 15.3. The highest BCUT2D eigenvalue weighted by molar-refractivity contribution is 5.83. The lowest BCUT2D eigenvalue weighted by atomic mass is 9.74. The van der Waals surface area contributed by atoms with Gasteiger partial charge in [-0.2, -0.15) is 0 Å². The molecule has 2 spiro atoms. The molecule has 22 heavy (non-hydrogen) atoms. The molecule has 3 nitrogen and oxygen atoms in total. The molecule has 1 N–H and O–H groups in total. The van der Waals surface area contributed by atoms with Gasteiger partial charge >= 0.3 is 0 Å². The summed E-state index contributed by atoms with van der Waals surface area (Å²) in [5.74, 6) is 0.890. The minimum atomic E-state index is 0.371. The van der Waals surface area contributed by atoms with Crippen LogP contribution >= 0.6 is 0 Å². The van der Waals surface area contributed by atoms with E-state index in [4.69, 9.17) is 0 Å². The quantitative estimate of drug-likeness (QED) is 0.806. The second kappa shape index (κ2) is 5.81. The summed E-state index contributed by atoms with van der Waals surface area (Å²) in [5, 5.41) is 3.45. The molecule has 2 aliphatic heterocycles. The normalized spacial score (nSPS) is 33.6. The maximum Gasteiger partial charge on any atom is 0.226 e. The first-order valence-electron chi connectivity index (χ1n) is 9.73. The fraction of sp³-hybridized carbons (Fsp3) is 0.947. The van der Waals surface area contributed by atoms with Crippen LogP contribution in [0.15, 0.2) is 0 Å². The monoisotopic (exact) mass is 304 g/mol. The van der Waals surface area contributed by atoms with E-state index in [2.05, 4.69) is 10.2 Å². The first kappa shape index (κ1) is 15.0. The number of hydrogen-bond acceptors (Lipinski definition) is 2. The van der Waals surface area contributed by atoms with Gasteiger partial charge in [0, 0.05) is 19.0 Å². The SMILES string of the molecule is O=C(C1CC12CCNCC2)N1CCCC2(CCCCCC2)C1. The third kappa shape index (κ3) is 2.70. The maximum atomic E-state index is 13.1. The van der Waals surface area contributed by atoms with Crippen LogP contribution in [0.5, 0.6) is 0 Å². The van der Waals surface area contributed by atoms with Gasteiger partial charge in [0.25, 0.3) is 0 Å². The molecule has 1 unspecified atom stereocenters. The lowest BCUT2D eigenvalue weighted by molar-refractivity contribution is -0.137. The smallest absolute Gasteiger partial charge is 0.226 e. The van der Waals surface area contributed by atoms with E-state index in [-0.39, 0.29) is 0 Å². The van der Waals surface area contributed by atoms with E-state index in [9.17, 15) is 4.79 Å². The standard InChI is InChI=1S/C19H32N2O/c22-17(16-14-19(16)9-11-20-12-10-19)21-13-5-8-18(15-21)6-3-1-2-4-7-18/h16,20H,1-15H2. The molecule has 4 rings (SSSR count). The van der Waals surface area contributed by atoms with Crippen molar-refractivity contribution in [3.63, 3.8) is 0 Å². The van der Waals surface area contributed by atoms with E-state index in [1.807, 2.05) is 0 Å². The van der Waals surface area contributed by atoms with Crippen molar-refractivity contribution >= 4 is 5.91 Å². The maximum absolute atomic E-state index is 13.1. The van der Waals surface area contributed by atoms with E-state index in [0.29, 0.717) is 22.7 Å². The predicted octanol–water partition coefficient (Wildman–Crippen LogP) is 3.34. The molecule has 0 aromatic carbocycles. The molecular formula is C19H32N2O. The van der Waals surface area contributed by atoms with Crippen LogP contribution in [0.25, 0.3) is 0 Å². The van der Waals surface area contributed by atoms with Gasteiger partial charge in [-0.15, -0.1) is 0 Å². The van der Waals surface area contributed by atoms with Crippen molar-refractivity contribution in [1.29, 1.82) is 0 Å². The van der Waals surface area contributed by atoms with Gasteiger partial charge in [0.2, 0.25) is 5.91 Å². The van der Waals surface area contributed by atoms with Crippen LogP contribution in [0.3, 0.4) is 0 Å². The molecule has 4 aliphatic rings. The van der Waals surface area contributed by atoms with Gasteiger partial charge in [-0.1, -0.05) is 25.7 Å². The zero-order valence-electron chi connectivity index (χ0n) is 14.0. The number of amides is 1. The molecular weight excluding hydrogens is 272 g/mol. The summed E-state index contributed by atoms with van der Waals surface area (Å²) >= 11 is 0. The van der Waals surface area contributed by atoms with E-state index < -0.39 is 0 Å². The molecule has 0 bridgehead atoms. The number of piperidine rings is 2. The van der Waals surface area contributed by atoms with Crippen molar-refractivity contribution in [3.8, 4) is 0 Å². The highest BCUT2D eigenvalue weighted by Gasteiger charge is 2.59. The summed E-state index contributed by atoms with van der Waals surface area (Å²) in [7, 11) is 0. The molecule has 2 saturated heterocycles. The largest absolute Gasteiger partial charge is 0.342 e. The number of hydrogen-bond donors (Lipinski definition) is 1. The Kier molecular flexibility index (Phi) is 3.96. The second-order valence-electron chi connectivity index (χ2n) is 8.65. The van der Waals surface area contributed by atoms with E-state index in [1.165, 1.54) is 70.6 Å². The van der Waals surface area contributed by atoms with Crippen LogP contribution in [0.1, 0.15) is 70.6 Å². The zero-order valence-corrected chi connectivity index (χ0v) is 14.0. The van der Waals surface area contributed by atoms with Gasteiger partial charge in [0.05, 0.1) is 0 Å². The van der Waals surface area contributed by atoms with E-state index in [0.717, 1.165) is 26.2 Å². The minimum Gasteiger partial charge on any atom is -0.342 e. The Bertz CT molecular complexity index is 419. The molecule has 1 amide bonds. The van der Waals surface area contributed by atoms with Crippen LogP contribution < -0.4 is 5.32 Å². The highest BCUT2D eigenvalue weighted by atomic mass is 16.2. The third-order valence-electron chi connectivity index (χ3n) is 7.22. The highest BCUT2D eigenvalue weighted by Crippen LogP contribution is 2.59. The molecule has 4 fully saturated rings. The lowest BCUT2D eigenvalue weighted by Crippen LogP contribution is -2.47. The molecule has 0 aromatic heterocycles. The van der Waals surface area contributed by atoms with E-state index >= 15 is 0 Å². The molecule has 124 valence electrons. The number of rotatable bonds is 1. The topological polar surface area (TPSA) is 32.3 Å². The summed E-state index contributed by atoms with van der Waals surface area (Å²) in [6, 6.07) is 0. The van der Waals surface area contributed by atoms with Crippen molar-refractivity contribution in [3.05, 3.63) is 0 Å². The minimum absolute atomic E-state index is 0.371. The fourth-order valence-corrected chi connectivity index (χ4v) is 5.68. The number of carbonyl (C=O) groups excluding carboxylic acids is 1. The average Bonchev–Trinajstić information content (AvgIpc) is 3.28. The summed E-state index contributed by atoms with van der Waals surface area (Å²) in [6.07, 6.45) is 14.6. The van der Waals surface area contributed by atoms with Crippen LogP contribution in [0, 0.1) is 16.7 Å². The number of nitrogens with one attached hydrogen (secondary N) is 1. The number of carbonyl (C=O) groups is 1. The Hall–Kier alpha value is -0.570. The van der Waals surface area contributed by atoms with Crippen molar-refractivity contribution < 1.29 is 4.79 Å². The molecule has 2 heterocycles. The molecule has 3 heteroatoms. The van der Waals surface area contributed by atoms with E-state index in [1.54, 1.807) is 0 Å². The van der Waals surface area contributed by atoms with Crippen molar-refractivity contribution in [1.82, 2.24) is 10.2 Å². The molecule has 0 aromatic rings. The van der Waals surface area contributed by atoms with Gasteiger partial charge in [-0.05, 0) is 68.9 Å². The molecule has 2 saturated carbocycles. The van der Waals surface area contributed by atoms with Crippen molar-refractivity contribution in [2.24, 2.45) is 16.7 Å². The predicted molar refractivity (Wildman–Crippen MR) is 88.6 cm³/mol. The molecule has 0 radical (unpaired) electrons. The van der Waals surface area contributed by atoms with Crippen molar-refractivity contribution in [2.75, 3.05) is 26.2 Å². The fourth-order valence-electron chi connectivity index (χ4n) is 5.68. The van der Waals surface area contributed by atoms with Crippen LogP contribution in [0.2, 0.25) is 0 Å². The number of likely N-dealkylation sites (tertiary alicyclic amines) is 1. The first-order chi connectivity index (χ1) is 10.7. The van der Waals surface area contributed by atoms with Crippen LogP contribution in [0.4, 0.5) is 0 Å². The lowest BCUT2D eigenvalue weighted by Gasteiger charge is -2.43. The summed E-state index contributed by atoms with van der Waals surface area (Å²) < 4.78 is 0. The van der Waals surface area contributed by atoms with Crippen molar-refractivity contribution in [2.45, 2.75) is 70.6 Å². The third-order valence-corrected chi connectivity index (χ3v) is 7.22. The summed E-state index contributed by atoms with van der Waals surface area (Å²) in [5.41, 5.74) is 0.886. The van der Waals surface area contributed by atoms with Gasteiger partial charge in [0.1, 0.15) is 0 Å². The second-order valence-corrected chi connectivity index (χ2v) is 8.65. The Balaban J connectivity index is 1.41. The van der Waals surface area contributed by atoms with Crippen LogP contribution in [-0.4, -0.2) is 37.0 Å². The van der Waals surface area contributed by atoms with Crippen LogP contribution in [-0.2, 0) is 4.79 Å². The zero-order chi connectivity index (χ0) is 15.0. The summed E-state index contributed by atoms with van der Waals surface area (Å²) in [6.45, 7) is 4.35. The first-order valence-corrected chi connectivity index (χ1v) is 9.73.